The first-order valence-electron chi connectivity index (χ1n) is 11.0. The van der Waals surface area contributed by atoms with Crippen LogP contribution in [0.5, 0.6) is 5.75 Å². The van der Waals surface area contributed by atoms with Gasteiger partial charge in [-0.2, -0.15) is 0 Å². The molecule has 1 atom stereocenters. The second kappa shape index (κ2) is 8.68. The molecule has 6 nitrogen and oxygen atoms in total. The molecular formula is C26H24FN3O3S. The van der Waals surface area contributed by atoms with Crippen LogP contribution in [0.1, 0.15) is 16.7 Å². The Morgan fingerprint density at radius 1 is 1.15 bits per heavy atom. The van der Waals surface area contributed by atoms with Crippen molar-refractivity contribution in [2.24, 2.45) is 0 Å². The number of nitrogens with one attached hydrogen (secondary N) is 1. The molecule has 1 N–H and O–H groups in total. The van der Waals surface area contributed by atoms with E-state index in [4.69, 9.17) is 4.74 Å². The van der Waals surface area contributed by atoms with E-state index < -0.39 is 16.7 Å². The van der Waals surface area contributed by atoms with E-state index in [0.29, 0.717) is 30.3 Å². The lowest BCUT2D eigenvalue weighted by atomic mass is 10.0. The van der Waals surface area contributed by atoms with E-state index in [-0.39, 0.29) is 5.91 Å². The third kappa shape index (κ3) is 3.68. The Labute approximate surface area is 201 Å². The maximum Gasteiger partial charge on any atom is 0.323 e. The number of aryl methyl sites for hydroxylation is 1. The zero-order chi connectivity index (χ0) is 23.9. The van der Waals surface area contributed by atoms with Gasteiger partial charge in [0.05, 0.1) is 19.3 Å². The topological polar surface area (TPSA) is 61.9 Å². The molecule has 1 fully saturated rings. The average molecular weight is 478 g/mol. The zero-order valence-corrected chi connectivity index (χ0v) is 19.7. The van der Waals surface area contributed by atoms with Gasteiger partial charge in [0.2, 0.25) is 0 Å². The Bertz CT molecular complexity index is 1280. The number of urea groups is 1. The molecule has 0 aliphatic carbocycles. The first kappa shape index (κ1) is 22.3. The number of thioether (sulfide) groups is 1. The number of rotatable bonds is 4. The van der Waals surface area contributed by atoms with Gasteiger partial charge in [-0.25, -0.2) is 9.18 Å². The summed E-state index contributed by atoms with van der Waals surface area (Å²) in [7, 11) is 1.61. The molecule has 0 unspecified atom stereocenters. The Balaban J connectivity index is 1.53. The van der Waals surface area contributed by atoms with E-state index in [1.165, 1.54) is 30.0 Å². The molecule has 2 aliphatic rings. The van der Waals surface area contributed by atoms with Crippen molar-refractivity contribution in [1.82, 2.24) is 4.90 Å². The van der Waals surface area contributed by atoms with Crippen LogP contribution in [0.15, 0.2) is 66.7 Å². The molecule has 3 aromatic rings. The van der Waals surface area contributed by atoms with Crippen molar-refractivity contribution in [2.75, 3.05) is 29.6 Å². The molecule has 0 aromatic heterocycles. The van der Waals surface area contributed by atoms with Crippen molar-refractivity contribution in [3.05, 3.63) is 89.2 Å². The molecule has 174 valence electrons. The highest BCUT2D eigenvalue weighted by Crippen LogP contribution is 2.54. The van der Waals surface area contributed by atoms with Crippen LogP contribution in [0.4, 0.5) is 20.6 Å². The van der Waals surface area contributed by atoms with Gasteiger partial charge in [0.25, 0.3) is 5.91 Å². The fourth-order valence-electron chi connectivity index (χ4n) is 4.60. The minimum Gasteiger partial charge on any atom is -0.497 e. The van der Waals surface area contributed by atoms with Crippen LogP contribution >= 0.6 is 11.8 Å². The third-order valence-electron chi connectivity index (χ3n) is 6.14. The van der Waals surface area contributed by atoms with Crippen molar-refractivity contribution < 1.29 is 18.7 Å². The lowest BCUT2D eigenvalue weighted by molar-refractivity contribution is -0.123. The minimum absolute atomic E-state index is 0.159. The van der Waals surface area contributed by atoms with Gasteiger partial charge in [-0.3, -0.25) is 9.69 Å². The largest absolute Gasteiger partial charge is 0.497 e. The molecule has 3 aromatic carbocycles. The standard InChI is InChI=1S/C26H24FN3O3S/c1-17-9-10-23-22(13-17)26(24(31)29(23)16-18-5-3-8-21(14-18)33-2)30(11-12-34-26)25(32)28-20-7-4-6-19(27)15-20/h3-10,13-15H,11-12,16H2,1-2H3,(H,28,32)/t26-/m1/s1. The minimum atomic E-state index is -1.17. The number of methoxy groups -OCH3 is 1. The highest BCUT2D eigenvalue weighted by atomic mass is 32.2. The Kier molecular flexibility index (Phi) is 5.69. The number of ether oxygens (including phenoxy) is 1. The number of anilines is 2. The second-order valence-electron chi connectivity index (χ2n) is 8.35. The van der Waals surface area contributed by atoms with Gasteiger partial charge in [0, 0.05) is 23.5 Å². The smallest absolute Gasteiger partial charge is 0.323 e. The fourth-order valence-corrected chi connectivity index (χ4v) is 6.05. The van der Waals surface area contributed by atoms with Crippen molar-refractivity contribution in [3.8, 4) is 5.75 Å². The molecule has 2 aliphatic heterocycles. The van der Waals surface area contributed by atoms with E-state index in [2.05, 4.69) is 5.32 Å². The van der Waals surface area contributed by atoms with Gasteiger partial charge in [-0.1, -0.05) is 35.9 Å². The van der Waals surface area contributed by atoms with Gasteiger partial charge >= 0.3 is 6.03 Å². The first-order valence-corrected chi connectivity index (χ1v) is 11.9. The molecule has 8 heteroatoms. The first-order chi connectivity index (χ1) is 16.4. The lowest BCUT2D eigenvalue weighted by Crippen LogP contribution is -2.51. The summed E-state index contributed by atoms with van der Waals surface area (Å²) in [4.78, 5) is 29.6. The average Bonchev–Trinajstić information content (AvgIpc) is 3.36. The van der Waals surface area contributed by atoms with E-state index in [0.717, 1.165) is 22.4 Å². The summed E-state index contributed by atoms with van der Waals surface area (Å²) < 4.78 is 19.0. The molecule has 5 rings (SSSR count). The quantitative estimate of drug-likeness (QED) is 0.566. The van der Waals surface area contributed by atoms with Crippen LogP contribution in [0, 0.1) is 12.7 Å². The van der Waals surface area contributed by atoms with Crippen molar-refractivity contribution >= 4 is 35.1 Å². The molecule has 0 saturated carbocycles. The SMILES string of the molecule is COc1cccc(CN2C(=O)[C@]3(SCCN3C(=O)Nc3cccc(F)c3)c3cc(C)ccc32)c1. The van der Waals surface area contributed by atoms with Crippen molar-refractivity contribution in [2.45, 2.75) is 18.3 Å². The highest BCUT2D eigenvalue weighted by Gasteiger charge is 2.59. The number of hydrogen-bond donors (Lipinski definition) is 1. The summed E-state index contributed by atoms with van der Waals surface area (Å²) in [6.45, 7) is 2.73. The maximum atomic E-state index is 14.1. The van der Waals surface area contributed by atoms with Gasteiger partial charge in [-0.05, 0) is 48.9 Å². The fraction of sp³-hybridized carbons (Fsp3) is 0.231. The maximum absolute atomic E-state index is 14.1. The van der Waals surface area contributed by atoms with Crippen molar-refractivity contribution in [1.29, 1.82) is 0 Å². The summed E-state index contributed by atoms with van der Waals surface area (Å²) >= 11 is 1.46. The number of nitrogens with zero attached hydrogens (tertiary/aromatic N) is 2. The summed E-state index contributed by atoms with van der Waals surface area (Å²) in [5, 5.41) is 2.77. The molecule has 1 spiro atoms. The van der Waals surface area contributed by atoms with E-state index in [1.807, 2.05) is 49.4 Å². The molecule has 3 amide bonds. The van der Waals surface area contributed by atoms with Crippen LogP contribution in [0.3, 0.4) is 0 Å². The van der Waals surface area contributed by atoms with Gasteiger partial charge in [-0.15, -0.1) is 11.8 Å². The number of benzene rings is 3. The summed E-state index contributed by atoms with van der Waals surface area (Å²) in [6, 6.07) is 18.8. The van der Waals surface area contributed by atoms with Gasteiger partial charge in [0.15, 0.2) is 4.87 Å². The van der Waals surface area contributed by atoms with Crippen LogP contribution in [0.25, 0.3) is 0 Å². The lowest BCUT2D eigenvalue weighted by Gasteiger charge is -2.33. The summed E-state index contributed by atoms with van der Waals surface area (Å²) in [5.74, 6) is 0.732. The molecule has 0 bridgehead atoms. The number of carbonyl (C=O) groups is 2. The number of carbonyl (C=O) groups excluding carboxylic acids is 2. The molecule has 34 heavy (non-hydrogen) atoms. The monoisotopic (exact) mass is 477 g/mol. The van der Waals surface area contributed by atoms with Crippen LogP contribution in [-0.2, 0) is 16.2 Å². The van der Waals surface area contributed by atoms with Crippen molar-refractivity contribution in [3.63, 3.8) is 0 Å². The normalized spacial score (nSPS) is 19.0. The Morgan fingerprint density at radius 2 is 1.97 bits per heavy atom. The van der Waals surface area contributed by atoms with Crippen LogP contribution < -0.4 is 15.0 Å². The number of hydrogen-bond acceptors (Lipinski definition) is 4. The third-order valence-corrected chi connectivity index (χ3v) is 7.56. The Morgan fingerprint density at radius 3 is 2.76 bits per heavy atom. The van der Waals surface area contributed by atoms with E-state index in [9.17, 15) is 14.0 Å². The highest BCUT2D eigenvalue weighted by molar-refractivity contribution is 8.01. The summed E-state index contributed by atoms with van der Waals surface area (Å²) in [6.07, 6.45) is 0. The van der Waals surface area contributed by atoms with Crippen LogP contribution in [0.2, 0.25) is 0 Å². The van der Waals surface area contributed by atoms with E-state index >= 15 is 0 Å². The number of halogens is 1. The van der Waals surface area contributed by atoms with Gasteiger partial charge in [0.1, 0.15) is 11.6 Å². The summed E-state index contributed by atoms with van der Waals surface area (Å²) in [5.41, 5.74) is 3.87. The molecule has 1 saturated heterocycles. The number of fused-ring (bicyclic) bond motifs is 2. The molecule has 0 radical (unpaired) electrons. The zero-order valence-electron chi connectivity index (χ0n) is 18.9. The Hall–Kier alpha value is -3.52. The molecular weight excluding hydrogens is 453 g/mol. The predicted octanol–water partition coefficient (Wildman–Crippen LogP) is 5.12. The van der Waals surface area contributed by atoms with Gasteiger partial charge < -0.3 is 15.0 Å². The van der Waals surface area contributed by atoms with E-state index in [1.54, 1.807) is 23.0 Å². The predicted molar refractivity (Wildman–Crippen MR) is 132 cm³/mol. The molecule has 2 heterocycles. The number of amides is 3. The second-order valence-corrected chi connectivity index (χ2v) is 9.64. The van der Waals surface area contributed by atoms with Crippen LogP contribution in [-0.4, -0.2) is 36.2 Å².